The maximum Gasteiger partial charge on any atom is 0.419 e. The molecule has 0 aliphatic carbocycles. The summed E-state index contributed by atoms with van der Waals surface area (Å²) in [5.74, 6) is 0.0492. The molecule has 0 radical (unpaired) electrons. The van der Waals surface area contributed by atoms with Crippen LogP contribution in [-0.2, 0) is 12.6 Å². The first kappa shape index (κ1) is 23.3. The normalized spacial score (nSPS) is 12.4. The molecule has 9 heteroatoms. The van der Waals surface area contributed by atoms with Gasteiger partial charge in [0, 0.05) is 43.2 Å². The van der Waals surface area contributed by atoms with Crippen LogP contribution in [0.5, 0.6) is 0 Å². The van der Waals surface area contributed by atoms with Crippen LogP contribution in [0.2, 0.25) is 0 Å². The van der Waals surface area contributed by atoms with Crippen LogP contribution in [0.25, 0.3) is 11.3 Å². The van der Waals surface area contributed by atoms with Gasteiger partial charge < -0.3 is 4.90 Å². The molecule has 0 saturated carbocycles. The lowest BCUT2D eigenvalue weighted by atomic mass is 10.1. The Balaban J connectivity index is 1.76. The smallest absolute Gasteiger partial charge is 0.335 e. The van der Waals surface area contributed by atoms with Crippen molar-refractivity contribution in [1.29, 1.82) is 0 Å². The van der Waals surface area contributed by atoms with Gasteiger partial charge in [-0.1, -0.05) is 30.3 Å². The van der Waals surface area contributed by atoms with Crippen molar-refractivity contribution in [2.75, 3.05) is 6.54 Å². The monoisotopic (exact) mass is 443 g/mol. The Bertz CT molecular complexity index is 1060. The maximum absolute atomic E-state index is 13.4. The Labute approximate surface area is 184 Å². The zero-order chi connectivity index (χ0) is 23.3. The van der Waals surface area contributed by atoms with Crippen molar-refractivity contribution in [1.82, 2.24) is 24.8 Å². The lowest BCUT2D eigenvalue weighted by Crippen LogP contribution is -2.39. The van der Waals surface area contributed by atoms with Gasteiger partial charge >= 0.3 is 6.18 Å². The summed E-state index contributed by atoms with van der Waals surface area (Å²) < 4.78 is 38.0. The SMILES string of the molecule is CCN(C(=O)c1ncc(C)nc1-c1ccccc1)[C@@H](C)CCc1ncc(C(F)(F)F)cn1. The number of alkyl halides is 3. The largest absolute Gasteiger partial charge is 0.419 e. The van der Waals surface area contributed by atoms with Crippen LogP contribution in [0.1, 0.15) is 47.8 Å². The molecule has 1 atom stereocenters. The number of hydrogen-bond donors (Lipinski definition) is 0. The van der Waals surface area contributed by atoms with Crippen molar-refractivity contribution < 1.29 is 18.0 Å². The first-order valence-electron chi connectivity index (χ1n) is 10.3. The summed E-state index contributed by atoms with van der Waals surface area (Å²) in [5.41, 5.74) is 1.41. The molecule has 0 unspecified atom stereocenters. The van der Waals surface area contributed by atoms with Crippen LogP contribution in [-0.4, -0.2) is 43.3 Å². The summed E-state index contributed by atoms with van der Waals surface area (Å²) >= 11 is 0. The van der Waals surface area contributed by atoms with E-state index in [9.17, 15) is 18.0 Å². The maximum atomic E-state index is 13.4. The van der Waals surface area contributed by atoms with Gasteiger partial charge in [-0.3, -0.25) is 4.79 Å². The van der Waals surface area contributed by atoms with Crippen LogP contribution in [0, 0.1) is 6.92 Å². The Morgan fingerprint density at radius 1 is 1.06 bits per heavy atom. The number of aromatic nitrogens is 4. The second kappa shape index (κ2) is 9.84. The van der Waals surface area contributed by atoms with Crippen molar-refractivity contribution in [2.24, 2.45) is 0 Å². The van der Waals surface area contributed by atoms with Crippen LogP contribution < -0.4 is 0 Å². The number of benzene rings is 1. The van der Waals surface area contributed by atoms with Crippen molar-refractivity contribution in [3.63, 3.8) is 0 Å². The van der Waals surface area contributed by atoms with E-state index in [1.807, 2.05) is 51.1 Å². The van der Waals surface area contributed by atoms with Crippen molar-refractivity contribution in [2.45, 2.75) is 45.8 Å². The fourth-order valence-electron chi connectivity index (χ4n) is 3.35. The van der Waals surface area contributed by atoms with Gasteiger partial charge in [-0.25, -0.2) is 19.9 Å². The van der Waals surface area contributed by atoms with Crippen molar-refractivity contribution in [3.05, 3.63) is 71.7 Å². The Hall–Kier alpha value is -3.36. The predicted molar refractivity (Wildman–Crippen MR) is 114 cm³/mol. The second-order valence-electron chi connectivity index (χ2n) is 7.44. The third kappa shape index (κ3) is 5.46. The van der Waals surface area contributed by atoms with Crippen LogP contribution in [0.3, 0.4) is 0 Å². The summed E-state index contributed by atoms with van der Waals surface area (Å²) in [6.45, 7) is 6.01. The minimum Gasteiger partial charge on any atom is -0.335 e. The average Bonchev–Trinajstić information content (AvgIpc) is 2.78. The molecule has 0 aliphatic heterocycles. The Morgan fingerprint density at radius 3 is 2.31 bits per heavy atom. The number of halogens is 3. The van der Waals surface area contributed by atoms with Crippen molar-refractivity contribution >= 4 is 5.91 Å². The van der Waals surface area contributed by atoms with E-state index >= 15 is 0 Å². The minimum atomic E-state index is -4.47. The van der Waals surface area contributed by atoms with Gasteiger partial charge in [0.2, 0.25) is 0 Å². The first-order chi connectivity index (χ1) is 15.2. The van der Waals surface area contributed by atoms with Crippen molar-refractivity contribution in [3.8, 4) is 11.3 Å². The van der Waals surface area contributed by atoms with Gasteiger partial charge in [0.1, 0.15) is 11.5 Å². The second-order valence-corrected chi connectivity index (χ2v) is 7.44. The summed E-state index contributed by atoms with van der Waals surface area (Å²) in [4.78, 5) is 31.6. The molecule has 32 heavy (non-hydrogen) atoms. The number of carbonyl (C=O) groups is 1. The molecule has 6 nitrogen and oxygen atoms in total. The highest BCUT2D eigenvalue weighted by Gasteiger charge is 2.31. The number of nitrogens with zero attached hydrogens (tertiary/aromatic N) is 5. The molecule has 0 bridgehead atoms. The molecule has 0 fully saturated rings. The molecule has 1 aromatic carbocycles. The van der Waals surface area contributed by atoms with Crippen LogP contribution >= 0.6 is 0 Å². The molecule has 2 aromatic heterocycles. The number of hydrogen-bond acceptors (Lipinski definition) is 5. The third-order valence-electron chi connectivity index (χ3n) is 5.09. The quantitative estimate of drug-likeness (QED) is 0.527. The predicted octanol–water partition coefficient (Wildman–Crippen LogP) is 4.74. The zero-order valence-electron chi connectivity index (χ0n) is 18.1. The van der Waals surface area contributed by atoms with Crippen LogP contribution in [0.4, 0.5) is 13.2 Å². The van der Waals surface area contributed by atoms with E-state index in [2.05, 4.69) is 19.9 Å². The average molecular weight is 443 g/mol. The Morgan fingerprint density at radius 2 is 1.72 bits per heavy atom. The molecular formula is C23H24F3N5O. The fourth-order valence-corrected chi connectivity index (χ4v) is 3.35. The van der Waals surface area contributed by atoms with E-state index in [1.54, 1.807) is 11.1 Å². The highest BCUT2D eigenvalue weighted by atomic mass is 19.4. The molecular weight excluding hydrogens is 419 g/mol. The zero-order valence-corrected chi connectivity index (χ0v) is 18.1. The summed E-state index contributed by atoms with van der Waals surface area (Å²) in [6, 6.07) is 9.18. The number of aryl methyl sites for hydroxylation is 2. The fraction of sp³-hybridized carbons (Fsp3) is 0.348. The van der Waals surface area contributed by atoms with E-state index in [0.29, 0.717) is 36.6 Å². The molecule has 1 amide bonds. The van der Waals surface area contributed by atoms with E-state index in [4.69, 9.17) is 0 Å². The molecule has 3 rings (SSSR count). The van der Waals surface area contributed by atoms with Gasteiger partial charge in [0.25, 0.3) is 5.91 Å². The highest BCUT2D eigenvalue weighted by molar-refractivity contribution is 5.98. The number of carbonyl (C=O) groups excluding carboxylic acids is 1. The Kier molecular flexibility index (Phi) is 7.17. The lowest BCUT2D eigenvalue weighted by Gasteiger charge is -2.28. The minimum absolute atomic E-state index is 0.204. The number of amides is 1. The molecule has 2 heterocycles. The number of rotatable bonds is 7. The standard InChI is InChI=1S/C23H24F3N5O/c1-4-31(16(3)10-11-19-27-13-18(14-28-19)23(24,25)26)22(32)21-20(30-15(2)12-29-21)17-8-6-5-7-9-17/h5-9,12-14,16H,4,10-11H2,1-3H3/t16-/m0/s1. The molecule has 0 saturated heterocycles. The summed E-state index contributed by atoms with van der Waals surface area (Å²) in [5, 5.41) is 0. The first-order valence-corrected chi connectivity index (χ1v) is 10.3. The van der Waals surface area contributed by atoms with Gasteiger partial charge in [0.05, 0.1) is 11.3 Å². The molecule has 168 valence electrons. The van der Waals surface area contributed by atoms with Gasteiger partial charge in [0.15, 0.2) is 5.69 Å². The molecule has 3 aromatic rings. The van der Waals surface area contributed by atoms with E-state index < -0.39 is 11.7 Å². The van der Waals surface area contributed by atoms with Gasteiger partial charge in [-0.15, -0.1) is 0 Å². The summed E-state index contributed by atoms with van der Waals surface area (Å²) in [7, 11) is 0. The lowest BCUT2D eigenvalue weighted by molar-refractivity contribution is -0.138. The van der Waals surface area contributed by atoms with Crippen LogP contribution in [0.15, 0.2) is 48.9 Å². The molecule has 0 N–H and O–H groups in total. The van der Waals surface area contributed by atoms with E-state index in [0.717, 1.165) is 18.0 Å². The molecule has 0 aliphatic rings. The summed E-state index contributed by atoms with van der Waals surface area (Å²) in [6.07, 6.45) is -0.510. The molecule has 0 spiro atoms. The topological polar surface area (TPSA) is 71.9 Å². The van der Waals surface area contributed by atoms with Gasteiger partial charge in [-0.05, 0) is 27.2 Å². The van der Waals surface area contributed by atoms with Gasteiger partial charge in [-0.2, -0.15) is 13.2 Å². The highest BCUT2D eigenvalue weighted by Crippen LogP contribution is 2.28. The third-order valence-corrected chi connectivity index (χ3v) is 5.09. The van der Waals surface area contributed by atoms with E-state index in [1.165, 1.54) is 0 Å². The van der Waals surface area contributed by atoms with E-state index in [-0.39, 0.29) is 17.6 Å².